The second-order valence-electron chi connectivity index (χ2n) is 5.00. The standard InChI is InChI=1S/C15H21N3S/c1-4-13-14(10-17-9-11(2)3)19-15(18-13)12-5-7-16-8-6-12/h5-8,11,17H,4,9-10H2,1-3H3. The lowest BCUT2D eigenvalue weighted by Crippen LogP contribution is -2.18. The first kappa shape index (κ1) is 14.2. The molecule has 2 heterocycles. The molecule has 0 unspecified atom stereocenters. The van der Waals surface area contributed by atoms with Gasteiger partial charge in [0.1, 0.15) is 5.01 Å². The van der Waals surface area contributed by atoms with Crippen LogP contribution in [0.3, 0.4) is 0 Å². The molecule has 1 N–H and O–H groups in total. The van der Waals surface area contributed by atoms with E-state index in [1.165, 1.54) is 10.6 Å². The molecule has 0 atom stereocenters. The first-order chi connectivity index (χ1) is 9.20. The predicted molar refractivity (Wildman–Crippen MR) is 81.3 cm³/mol. The molecule has 2 aromatic heterocycles. The lowest BCUT2D eigenvalue weighted by molar-refractivity contribution is 0.553. The Labute approximate surface area is 119 Å². The molecule has 2 rings (SSSR count). The van der Waals surface area contributed by atoms with Crippen LogP contribution in [0.2, 0.25) is 0 Å². The number of aryl methyl sites for hydroxylation is 1. The highest BCUT2D eigenvalue weighted by molar-refractivity contribution is 7.15. The number of hydrogen-bond acceptors (Lipinski definition) is 4. The number of rotatable bonds is 6. The van der Waals surface area contributed by atoms with Crippen LogP contribution in [-0.4, -0.2) is 16.5 Å². The summed E-state index contributed by atoms with van der Waals surface area (Å²) in [6.45, 7) is 8.58. The topological polar surface area (TPSA) is 37.8 Å². The van der Waals surface area contributed by atoms with Gasteiger partial charge in [0.15, 0.2) is 0 Å². The largest absolute Gasteiger partial charge is 0.312 e. The number of aromatic nitrogens is 2. The number of nitrogens with one attached hydrogen (secondary N) is 1. The van der Waals surface area contributed by atoms with Crippen molar-refractivity contribution < 1.29 is 0 Å². The fourth-order valence-corrected chi connectivity index (χ4v) is 3.02. The number of pyridine rings is 1. The Morgan fingerprint density at radius 1 is 1.26 bits per heavy atom. The summed E-state index contributed by atoms with van der Waals surface area (Å²) in [7, 11) is 0. The molecule has 0 amide bonds. The quantitative estimate of drug-likeness (QED) is 0.876. The van der Waals surface area contributed by atoms with Gasteiger partial charge in [0.05, 0.1) is 5.69 Å². The normalized spacial score (nSPS) is 11.2. The summed E-state index contributed by atoms with van der Waals surface area (Å²) in [5.41, 5.74) is 2.37. The first-order valence-corrected chi connectivity index (χ1v) is 7.62. The molecular formula is C15H21N3S. The van der Waals surface area contributed by atoms with Gasteiger partial charge in [0, 0.05) is 29.4 Å². The molecule has 0 saturated carbocycles. The maximum Gasteiger partial charge on any atom is 0.124 e. The van der Waals surface area contributed by atoms with E-state index in [4.69, 9.17) is 4.98 Å². The zero-order valence-electron chi connectivity index (χ0n) is 11.8. The van der Waals surface area contributed by atoms with Gasteiger partial charge in [-0.25, -0.2) is 4.98 Å². The zero-order valence-corrected chi connectivity index (χ0v) is 12.6. The summed E-state index contributed by atoms with van der Waals surface area (Å²) in [5.74, 6) is 0.678. The fourth-order valence-electron chi connectivity index (χ4n) is 1.89. The third-order valence-corrected chi connectivity index (χ3v) is 4.03. The summed E-state index contributed by atoms with van der Waals surface area (Å²) in [4.78, 5) is 10.2. The molecule has 0 aliphatic heterocycles. The molecule has 0 fully saturated rings. The number of hydrogen-bond donors (Lipinski definition) is 1. The molecule has 0 saturated heterocycles. The highest BCUT2D eigenvalue weighted by atomic mass is 32.1. The monoisotopic (exact) mass is 275 g/mol. The van der Waals surface area contributed by atoms with Crippen LogP contribution in [0.25, 0.3) is 10.6 Å². The van der Waals surface area contributed by atoms with E-state index in [1.54, 1.807) is 11.3 Å². The molecule has 2 aromatic rings. The van der Waals surface area contributed by atoms with Crippen LogP contribution in [-0.2, 0) is 13.0 Å². The van der Waals surface area contributed by atoms with Crippen molar-refractivity contribution in [2.75, 3.05) is 6.54 Å². The molecule has 4 heteroatoms. The van der Waals surface area contributed by atoms with Gasteiger partial charge in [0.2, 0.25) is 0 Å². The van der Waals surface area contributed by atoms with Crippen molar-refractivity contribution in [2.24, 2.45) is 5.92 Å². The molecular weight excluding hydrogens is 254 g/mol. The van der Waals surface area contributed by atoms with Crippen molar-refractivity contribution in [2.45, 2.75) is 33.7 Å². The van der Waals surface area contributed by atoms with E-state index in [0.717, 1.165) is 30.1 Å². The van der Waals surface area contributed by atoms with Crippen LogP contribution in [0.1, 0.15) is 31.3 Å². The Hall–Kier alpha value is -1.26. The Morgan fingerprint density at radius 3 is 2.63 bits per heavy atom. The lowest BCUT2D eigenvalue weighted by atomic mass is 10.2. The summed E-state index contributed by atoms with van der Waals surface area (Å²) in [6, 6.07) is 4.03. The van der Waals surface area contributed by atoms with Gasteiger partial charge in [-0.05, 0) is 31.0 Å². The van der Waals surface area contributed by atoms with Gasteiger partial charge in [-0.3, -0.25) is 4.98 Å². The average Bonchev–Trinajstić information content (AvgIpc) is 2.83. The van der Waals surface area contributed by atoms with Crippen molar-refractivity contribution in [1.29, 1.82) is 0 Å². The fraction of sp³-hybridized carbons (Fsp3) is 0.467. The minimum absolute atomic E-state index is 0.678. The van der Waals surface area contributed by atoms with Crippen LogP contribution in [0, 0.1) is 5.92 Å². The van der Waals surface area contributed by atoms with Crippen LogP contribution < -0.4 is 5.32 Å². The number of thiazole rings is 1. The van der Waals surface area contributed by atoms with Gasteiger partial charge in [-0.1, -0.05) is 20.8 Å². The SMILES string of the molecule is CCc1nc(-c2ccncc2)sc1CNCC(C)C. The highest BCUT2D eigenvalue weighted by Gasteiger charge is 2.11. The summed E-state index contributed by atoms with van der Waals surface area (Å²) in [5, 5.41) is 4.60. The van der Waals surface area contributed by atoms with E-state index in [1.807, 2.05) is 24.5 Å². The van der Waals surface area contributed by atoms with E-state index in [2.05, 4.69) is 31.1 Å². The van der Waals surface area contributed by atoms with Crippen LogP contribution in [0.15, 0.2) is 24.5 Å². The molecule has 0 bridgehead atoms. The summed E-state index contributed by atoms with van der Waals surface area (Å²) < 4.78 is 0. The number of nitrogens with zero attached hydrogens (tertiary/aromatic N) is 2. The van der Waals surface area contributed by atoms with Crippen molar-refractivity contribution in [3.8, 4) is 10.6 Å². The van der Waals surface area contributed by atoms with Crippen molar-refractivity contribution in [1.82, 2.24) is 15.3 Å². The Balaban J connectivity index is 2.13. The Morgan fingerprint density at radius 2 is 2.00 bits per heavy atom. The van der Waals surface area contributed by atoms with E-state index in [9.17, 15) is 0 Å². The first-order valence-electron chi connectivity index (χ1n) is 6.80. The molecule has 0 spiro atoms. The Kier molecular flexibility index (Phi) is 5.05. The second kappa shape index (κ2) is 6.78. The van der Waals surface area contributed by atoms with Gasteiger partial charge >= 0.3 is 0 Å². The van der Waals surface area contributed by atoms with Crippen molar-refractivity contribution in [3.05, 3.63) is 35.1 Å². The van der Waals surface area contributed by atoms with Gasteiger partial charge in [-0.2, -0.15) is 0 Å². The molecule has 19 heavy (non-hydrogen) atoms. The van der Waals surface area contributed by atoms with Gasteiger partial charge in [-0.15, -0.1) is 11.3 Å². The van der Waals surface area contributed by atoms with Crippen LogP contribution >= 0.6 is 11.3 Å². The van der Waals surface area contributed by atoms with Gasteiger partial charge in [0.25, 0.3) is 0 Å². The van der Waals surface area contributed by atoms with Crippen molar-refractivity contribution >= 4 is 11.3 Å². The van der Waals surface area contributed by atoms with Crippen LogP contribution in [0.5, 0.6) is 0 Å². The minimum atomic E-state index is 0.678. The molecule has 0 aromatic carbocycles. The van der Waals surface area contributed by atoms with Crippen molar-refractivity contribution in [3.63, 3.8) is 0 Å². The van der Waals surface area contributed by atoms with Crippen LogP contribution in [0.4, 0.5) is 0 Å². The maximum atomic E-state index is 4.75. The average molecular weight is 275 g/mol. The van der Waals surface area contributed by atoms with E-state index >= 15 is 0 Å². The second-order valence-corrected chi connectivity index (χ2v) is 6.09. The summed E-state index contributed by atoms with van der Waals surface area (Å²) in [6.07, 6.45) is 4.62. The molecule has 102 valence electrons. The highest BCUT2D eigenvalue weighted by Crippen LogP contribution is 2.28. The van der Waals surface area contributed by atoms with E-state index in [0.29, 0.717) is 5.92 Å². The molecule has 0 radical (unpaired) electrons. The van der Waals surface area contributed by atoms with Gasteiger partial charge < -0.3 is 5.32 Å². The summed E-state index contributed by atoms with van der Waals surface area (Å²) >= 11 is 1.79. The molecule has 0 aliphatic rings. The third kappa shape index (κ3) is 3.85. The zero-order chi connectivity index (χ0) is 13.7. The third-order valence-electron chi connectivity index (χ3n) is 2.88. The Bertz CT molecular complexity index is 505. The maximum absolute atomic E-state index is 4.75. The van der Waals surface area contributed by atoms with E-state index < -0.39 is 0 Å². The smallest absolute Gasteiger partial charge is 0.124 e. The minimum Gasteiger partial charge on any atom is -0.312 e. The molecule has 3 nitrogen and oxygen atoms in total. The lowest BCUT2D eigenvalue weighted by Gasteiger charge is -2.06. The van der Waals surface area contributed by atoms with E-state index in [-0.39, 0.29) is 0 Å². The molecule has 0 aliphatic carbocycles. The predicted octanol–water partition coefficient (Wildman–Crippen LogP) is 3.51.